The molecule has 3 rings (SSSR count). The molecule has 1 unspecified atom stereocenters. The van der Waals surface area contributed by atoms with Crippen LogP contribution in [0.15, 0.2) is 24.3 Å². The van der Waals surface area contributed by atoms with Crippen molar-refractivity contribution < 1.29 is 8.42 Å². The van der Waals surface area contributed by atoms with E-state index in [0.717, 1.165) is 12.8 Å². The van der Waals surface area contributed by atoms with E-state index in [-0.39, 0.29) is 12.1 Å². The van der Waals surface area contributed by atoms with Crippen LogP contribution in [-0.4, -0.2) is 45.5 Å². The summed E-state index contributed by atoms with van der Waals surface area (Å²) in [6, 6.07) is 7.25. The van der Waals surface area contributed by atoms with E-state index in [2.05, 4.69) is 20.2 Å². The largest absolute Gasteiger partial charge is 0.301 e. The van der Waals surface area contributed by atoms with Crippen LogP contribution in [0.1, 0.15) is 39.7 Å². The first-order valence-corrected chi connectivity index (χ1v) is 9.51. The van der Waals surface area contributed by atoms with Gasteiger partial charge in [0.15, 0.2) is 5.82 Å². The second-order valence-corrected chi connectivity index (χ2v) is 7.92. The number of nitrogens with one attached hydrogen (secondary N) is 1. The molecule has 130 valence electrons. The van der Waals surface area contributed by atoms with Gasteiger partial charge >= 0.3 is 10.2 Å². The maximum Gasteiger partial charge on any atom is 0.301 e. The molecule has 0 spiro atoms. The highest BCUT2D eigenvalue weighted by Crippen LogP contribution is 2.29. The molecule has 1 aromatic carbocycles. The summed E-state index contributed by atoms with van der Waals surface area (Å²) < 4.78 is 31.3. The molecule has 0 saturated carbocycles. The third-order valence-electron chi connectivity index (χ3n) is 4.19. The summed E-state index contributed by atoms with van der Waals surface area (Å²) >= 11 is 0. The van der Waals surface area contributed by atoms with Crippen molar-refractivity contribution in [2.75, 3.05) is 11.3 Å². The number of nitrogens with zero attached hydrogens (tertiary/aromatic N) is 5. The van der Waals surface area contributed by atoms with Crippen molar-refractivity contribution in [1.82, 2.24) is 24.5 Å². The van der Waals surface area contributed by atoms with Crippen molar-refractivity contribution in [3.05, 3.63) is 24.3 Å². The Kier molecular flexibility index (Phi) is 4.55. The second-order valence-electron chi connectivity index (χ2n) is 6.30. The van der Waals surface area contributed by atoms with Crippen LogP contribution < -0.4 is 4.72 Å². The first kappa shape index (κ1) is 16.8. The SMILES string of the molecule is CC1CCCN1S(=O)(=O)Nc1ccccc1-c1nnnn1C(C)C. The lowest BCUT2D eigenvalue weighted by Crippen LogP contribution is -2.38. The third-order valence-corrected chi connectivity index (χ3v) is 5.83. The highest BCUT2D eigenvalue weighted by Gasteiger charge is 2.32. The number of rotatable bonds is 5. The normalized spacial score (nSPS) is 19.1. The van der Waals surface area contributed by atoms with Crippen LogP contribution in [0.2, 0.25) is 0 Å². The molecule has 24 heavy (non-hydrogen) atoms. The molecule has 2 heterocycles. The van der Waals surface area contributed by atoms with E-state index >= 15 is 0 Å². The van der Waals surface area contributed by atoms with Crippen molar-refractivity contribution in [1.29, 1.82) is 0 Å². The molecule has 0 aliphatic carbocycles. The molecule has 1 aliphatic heterocycles. The molecule has 0 amide bonds. The molecule has 1 saturated heterocycles. The third kappa shape index (κ3) is 3.13. The fourth-order valence-corrected chi connectivity index (χ4v) is 4.47. The predicted molar refractivity (Wildman–Crippen MR) is 91.6 cm³/mol. The molecule has 8 nitrogen and oxygen atoms in total. The van der Waals surface area contributed by atoms with Gasteiger partial charge in [-0.25, -0.2) is 4.68 Å². The van der Waals surface area contributed by atoms with E-state index in [1.807, 2.05) is 32.9 Å². The van der Waals surface area contributed by atoms with Crippen molar-refractivity contribution in [2.45, 2.75) is 45.7 Å². The Balaban J connectivity index is 1.97. The quantitative estimate of drug-likeness (QED) is 0.891. The fraction of sp³-hybridized carbons (Fsp3) is 0.533. The van der Waals surface area contributed by atoms with Crippen LogP contribution in [0.5, 0.6) is 0 Å². The topological polar surface area (TPSA) is 93.0 Å². The summed E-state index contributed by atoms with van der Waals surface area (Å²) in [6.45, 7) is 6.41. The highest BCUT2D eigenvalue weighted by molar-refractivity contribution is 7.90. The Morgan fingerprint density at radius 3 is 2.71 bits per heavy atom. The average molecular weight is 350 g/mol. The molecule has 1 N–H and O–H groups in total. The van der Waals surface area contributed by atoms with Crippen LogP contribution in [-0.2, 0) is 10.2 Å². The van der Waals surface area contributed by atoms with Gasteiger partial charge in [0.05, 0.1) is 11.7 Å². The van der Waals surface area contributed by atoms with E-state index in [1.165, 1.54) is 4.31 Å². The van der Waals surface area contributed by atoms with Crippen LogP contribution in [0, 0.1) is 0 Å². The zero-order chi connectivity index (χ0) is 17.3. The van der Waals surface area contributed by atoms with Crippen molar-refractivity contribution in [2.24, 2.45) is 0 Å². The van der Waals surface area contributed by atoms with Gasteiger partial charge in [0.2, 0.25) is 0 Å². The van der Waals surface area contributed by atoms with Gasteiger partial charge in [0.25, 0.3) is 0 Å². The monoisotopic (exact) mass is 350 g/mol. The average Bonchev–Trinajstić information content (AvgIpc) is 3.16. The zero-order valence-corrected chi connectivity index (χ0v) is 14.9. The van der Waals surface area contributed by atoms with Crippen LogP contribution in [0.3, 0.4) is 0 Å². The molecular formula is C15H22N6O2S. The molecule has 0 bridgehead atoms. The van der Waals surface area contributed by atoms with E-state index in [4.69, 9.17) is 0 Å². The first-order chi connectivity index (χ1) is 11.4. The van der Waals surface area contributed by atoms with Gasteiger partial charge in [-0.15, -0.1) is 5.10 Å². The van der Waals surface area contributed by atoms with E-state index in [1.54, 1.807) is 16.8 Å². The number of para-hydroxylation sites is 1. The highest BCUT2D eigenvalue weighted by atomic mass is 32.2. The van der Waals surface area contributed by atoms with Gasteiger partial charge < -0.3 is 0 Å². The minimum atomic E-state index is -3.60. The molecular weight excluding hydrogens is 328 g/mol. The summed E-state index contributed by atoms with van der Waals surface area (Å²) in [6.07, 6.45) is 1.77. The van der Waals surface area contributed by atoms with Crippen molar-refractivity contribution in [3.63, 3.8) is 0 Å². The summed E-state index contributed by atoms with van der Waals surface area (Å²) in [5.41, 5.74) is 1.14. The lowest BCUT2D eigenvalue weighted by atomic mass is 10.1. The van der Waals surface area contributed by atoms with Gasteiger partial charge in [-0.1, -0.05) is 12.1 Å². The summed E-state index contributed by atoms with van der Waals surface area (Å²) in [5.74, 6) is 0.540. The zero-order valence-electron chi connectivity index (χ0n) is 14.0. The Morgan fingerprint density at radius 1 is 1.29 bits per heavy atom. The van der Waals surface area contributed by atoms with Gasteiger partial charge in [0.1, 0.15) is 0 Å². The van der Waals surface area contributed by atoms with Gasteiger partial charge in [-0.05, 0) is 56.2 Å². The van der Waals surface area contributed by atoms with Gasteiger partial charge in [0, 0.05) is 18.2 Å². The molecule has 2 aromatic rings. The Morgan fingerprint density at radius 2 is 2.04 bits per heavy atom. The second kappa shape index (κ2) is 6.48. The number of benzene rings is 1. The number of hydrogen-bond acceptors (Lipinski definition) is 5. The molecule has 1 aliphatic rings. The summed E-state index contributed by atoms with van der Waals surface area (Å²) in [4.78, 5) is 0. The lowest BCUT2D eigenvalue weighted by Gasteiger charge is -2.22. The molecule has 9 heteroatoms. The van der Waals surface area contributed by atoms with Crippen molar-refractivity contribution in [3.8, 4) is 11.4 Å². The first-order valence-electron chi connectivity index (χ1n) is 8.07. The molecule has 1 atom stereocenters. The maximum atomic E-state index is 12.7. The van der Waals surface area contributed by atoms with E-state index in [9.17, 15) is 8.42 Å². The molecule has 1 fully saturated rings. The van der Waals surface area contributed by atoms with E-state index < -0.39 is 10.2 Å². The maximum absolute atomic E-state index is 12.7. The van der Waals surface area contributed by atoms with Crippen molar-refractivity contribution >= 4 is 15.9 Å². The number of aromatic nitrogens is 4. The minimum absolute atomic E-state index is 0.00986. The van der Waals surface area contributed by atoms with Crippen LogP contribution in [0.4, 0.5) is 5.69 Å². The minimum Gasteiger partial charge on any atom is -0.270 e. The number of tetrazole rings is 1. The summed E-state index contributed by atoms with van der Waals surface area (Å²) in [5, 5.41) is 11.8. The fourth-order valence-electron chi connectivity index (χ4n) is 2.95. The van der Waals surface area contributed by atoms with Gasteiger partial charge in [-0.2, -0.15) is 12.7 Å². The standard InChI is InChI=1S/C15H22N6O2S/c1-11(2)21-15(16-18-19-21)13-8-4-5-9-14(13)17-24(22,23)20-10-6-7-12(20)3/h4-5,8-9,11-12,17H,6-7,10H2,1-3H3. The molecule has 0 radical (unpaired) electrons. The smallest absolute Gasteiger partial charge is 0.270 e. The van der Waals surface area contributed by atoms with Crippen LogP contribution in [0.25, 0.3) is 11.4 Å². The Bertz CT molecular complexity index is 817. The van der Waals surface area contributed by atoms with Crippen LogP contribution >= 0.6 is 0 Å². The van der Waals surface area contributed by atoms with Gasteiger partial charge in [-0.3, -0.25) is 4.72 Å². The van der Waals surface area contributed by atoms with E-state index in [0.29, 0.717) is 23.6 Å². The lowest BCUT2D eigenvalue weighted by molar-refractivity contribution is 0.412. The summed E-state index contributed by atoms with van der Waals surface area (Å²) in [7, 11) is -3.60. The Hall–Kier alpha value is -2.00. The Labute approximate surface area is 142 Å². The number of hydrogen-bond donors (Lipinski definition) is 1. The predicted octanol–water partition coefficient (Wildman–Crippen LogP) is 2.06. The molecule has 1 aromatic heterocycles. The number of anilines is 1.